The molecule has 0 spiro atoms. The molecule has 0 aliphatic heterocycles. The summed E-state index contributed by atoms with van der Waals surface area (Å²) in [5.41, 5.74) is 2.49. The van der Waals surface area contributed by atoms with Gasteiger partial charge < -0.3 is 10.1 Å². The van der Waals surface area contributed by atoms with Gasteiger partial charge in [-0.1, -0.05) is 54.1 Å². The predicted octanol–water partition coefficient (Wildman–Crippen LogP) is 3.11. The molecule has 1 atom stereocenters. The van der Waals surface area contributed by atoms with Gasteiger partial charge in [-0.05, 0) is 36.3 Å². The fourth-order valence-corrected chi connectivity index (χ4v) is 3.26. The number of carbonyl (C=O) groups is 2. The molecule has 3 rings (SSSR count). The van der Waals surface area contributed by atoms with Crippen LogP contribution in [0.5, 0.6) is 0 Å². The van der Waals surface area contributed by atoms with Gasteiger partial charge in [0.2, 0.25) is 11.7 Å². The van der Waals surface area contributed by atoms with E-state index >= 15 is 0 Å². The van der Waals surface area contributed by atoms with E-state index in [9.17, 15) is 9.59 Å². The van der Waals surface area contributed by atoms with E-state index in [1.807, 2.05) is 31.2 Å². The summed E-state index contributed by atoms with van der Waals surface area (Å²) in [6, 6.07) is 14.1. The first kappa shape index (κ1) is 21.4. The molecule has 2 aromatic carbocycles. The third-order valence-electron chi connectivity index (χ3n) is 4.42. The molecule has 1 heterocycles. The summed E-state index contributed by atoms with van der Waals surface area (Å²) in [7, 11) is 0. The number of rotatable bonds is 8. The van der Waals surface area contributed by atoms with Crippen molar-refractivity contribution in [1.29, 1.82) is 0 Å². The van der Waals surface area contributed by atoms with E-state index in [1.165, 1.54) is 4.80 Å². The van der Waals surface area contributed by atoms with E-state index in [-0.39, 0.29) is 25.5 Å². The average Bonchev–Trinajstić information content (AvgIpc) is 3.16. The number of hydrogen-bond acceptors (Lipinski definition) is 6. The molecular weight excluding hydrogens is 406 g/mol. The fraction of sp³-hybridized carbons (Fsp3) is 0.286. The van der Waals surface area contributed by atoms with Crippen LogP contribution in [0.15, 0.2) is 48.5 Å². The standard InChI is InChI=1S/C21H22ClN5O3/c1-3-30-20(29)12-18(16-10-6-7-11-17(16)22)23-19(28)13-27-25-21(24-26-27)15-9-5-4-8-14(15)2/h4-11,18H,3,12-13H2,1-2H3,(H,23,28)/t18-/m0/s1. The summed E-state index contributed by atoms with van der Waals surface area (Å²) in [6.07, 6.45) is -0.0391. The average molecular weight is 428 g/mol. The second-order valence-corrected chi connectivity index (χ2v) is 7.02. The number of esters is 1. The number of nitrogens with one attached hydrogen (secondary N) is 1. The summed E-state index contributed by atoms with van der Waals surface area (Å²) in [5, 5.41) is 15.5. The summed E-state index contributed by atoms with van der Waals surface area (Å²) in [5.74, 6) is -0.364. The maximum absolute atomic E-state index is 12.6. The highest BCUT2D eigenvalue weighted by molar-refractivity contribution is 6.31. The van der Waals surface area contributed by atoms with Crippen LogP contribution in [0.1, 0.15) is 30.5 Å². The minimum absolute atomic E-state index is 0.0391. The van der Waals surface area contributed by atoms with E-state index in [1.54, 1.807) is 31.2 Å². The highest BCUT2D eigenvalue weighted by Crippen LogP contribution is 2.25. The molecular formula is C21H22ClN5O3. The van der Waals surface area contributed by atoms with Crippen molar-refractivity contribution >= 4 is 23.5 Å². The summed E-state index contributed by atoms with van der Waals surface area (Å²) in [6.45, 7) is 3.78. The van der Waals surface area contributed by atoms with Crippen LogP contribution in [0.4, 0.5) is 0 Å². The van der Waals surface area contributed by atoms with Crippen LogP contribution in [0.3, 0.4) is 0 Å². The first-order valence-electron chi connectivity index (χ1n) is 9.51. The zero-order valence-electron chi connectivity index (χ0n) is 16.7. The Morgan fingerprint density at radius 1 is 1.17 bits per heavy atom. The van der Waals surface area contributed by atoms with Crippen LogP contribution in [0, 0.1) is 6.92 Å². The lowest BCUT2D eigenvalue weighted by Crippen LogP contribution is -2.34. The Kier molecular flexibility index (Phi) is 7.13. The Morgan fingerprint density at radius 2 is 1.90 bits per heavy atom. The molecule has 1 amide bonds. The Labute approximate surface area is 179 Å². The molecule has 8 nitrogen and oxygen atoms in total. The molecule has 30 heavy (non-hydrogen) atoms. The molecule has 0 radical (unpaired) electrons. The van der Waals surface area contributed by atoms with Gasteiger partial charge in [0.25, 0.3) is 0 Å². The normalized spacial score (nSPS) is 11.7. The van der Waals surface area contributed by atoms with Crippen molar-refractivity contribution in [3.05, 3.63) is 64.7 Å². The van der Waals surface area contributed by atoms with Crippen molar-refractivity contribution in [2.24, 2.45) is 0 Å². The lowest BCUT2D eigenvalue weighted by molar-refractivity contribution is -0.143. The van der Waals surface area contributed by atoms with Crippen LogP contribution < -0.4 is 5.32 Å². The van der Waals surface area contributed by atoms with E-state index in [2.05, 4.69) is 20.7 Å². The number of hydrogen-bond donors (Lipinski definition) is 1. The van der Waals surface area contributed by atoms with Gasteiger partial charge in [-0.2, -0.15) is 4.80 Å². The Morgan fingerprint density at radius 3 is 2.63 bits per heavy atom. The molecule has 0 aliphatic rings. The highest BCUT2D eigenvalue weighted by Gasteiger charge is 2.22. The largest absolute Gasteiger partial charge is 0.466 e. The number of benzene rings is 2. The Hall–Kier alpha value is -3.26. The van der Waals surface area contributed by atoms with Crippen LogP contribution in [-0.4, -0.2) is 38.7 Å². The monoisotopic (exact) mass is 427 g/mol. The molecule has 156 valence electrons. The van der Waals surface area contributed by atoms with Gasteiger partial charge >= 0.3 is 5.97 Å². The molecule has 9 heteroatoms. The molecule has 0 saturated carbocycles. The Bertz CT molecular complexity index is 1040. The molecule has 0 unspecified atom stereocenters. The van der Waals surface area contributed by atoms with Gasteiger partial charge in [-0.3, -0.25) is 9.59 Å². The first-order valence-corrected chi connectivity index (χ1v) is 9.89. The number of halogens is 1. The van der Waals surface area contributed by atoms with Gasteiger partial charge in [0, 0.05) is 10.6 Å². The number of aromatic nitrogens is 4. The van der Waals surface area contributed by atoms with E-state index in [0.717, 1.165) is 11.1 Å². The van der Waals surface area contributed by atoms with Gasteiger partial charge in [-0.15, -0.1) is 10.2 Å². The maximum Gasteiger partial charge on any atom is 0.308 e. The van der Waals surface area contributed by atoms with Gasteiger partial charge in [0.1, 0.15) is 6.54 Å². The van der Waals surface area contributed by atoms with Crippen molar-refractivity contribution in [2.45, 2.75) is 32.9 Å². The fourth-order valence-electron chi connectivity index (χ4n) is 2.99. The lowest BCUT2D eigenvalue weighted by atomic mass is 10.0. The van der Waals surface area contributed by atoms with E-state index < -0.39 is 12.0 Å². The number of nitrogens with zero attached hydrogens (tertiary/aromatic N) is 4. The minimum Gasteiger partial charge on any atom is -0.466 e. The Balaban J connectivity index is 1.72. The summed E-state index contributed by atoms with van der Waals surface area (Å²) >= 11 is 6.27. The minimum atomic E-state index is -0.635. The number of aryl methyl sites for hydroxylation is 1. The lowest BCUT2D eigenvalue weighted by Gasteiger charge is -2.19. The number of ether oxygens (including phenoxy) is 1. The number of amides is 1. The van der Waals surface area contributed by atoms with E-state index in [0.29, 0.717) is 16.4 Å². The molecule has 0 fully saturated rings. The molecule has 0 aliphatic carbocycles. The van der Waals surface area contributed by atoms with Crippen LogP contribution in [-0.2, 0) is 20.9 Å². The van der Waals surface area contributed by atoms with Gasteiger partial charge in [0.05, 0.1) is 19.1 Å². The van der Waals surface area contributed by atoms with Crippen molar-refractivity contribution in [2.75, 3.05) is 6.61 Å². The maximum atomic E-state index is 12.6. The highest BCUT2D eigenvalue weighted by atomic mass is 35.5. The van der Waals surface area contributed by atoms with Gasteiger partial charge in [-0.25, -0.2) is 0 Å². The number of carbonyl (C=O) groups excluding carboxylic acids is 2. The summed E-state index contributed by atoms with van der Waals surface area (Å²) in [4.78, 5) is 25.9. The van der Waals surface area contributed by atoms with Crippen LogP contribution in [0.25, 0.3) is 11.4 Å². The van der Waals surface area contributed by atoms with Crippen LogP contribution in [0.2, 0.25) is 5.02 Å². The SMILES string of the molecule is CCOC(=O)C[C@H](NC(=O)Cn1nnc(-c2ccccc2C)n1)c1ccccc1Cl. The van der Waals surface area contributed by atoms with Crippen molar-refractivity contribution in [3.8, 4) is 11.4 Å². The van der Waals surface area contributed by atoms with Crippen molar-refractivity contribution in [1.82, 2.24) is 25.5 Å². The topological polar surface area (TPSA) is 99.0 Å². The smallest absolute Gasteiger partial charge is 0.308 e. The molecule has 0 saturated heterocycles. The second kappa shape index (κ2) is 9.98. The molecule has 1 aromatic heterocycles. The summed E-state index contributed by atoms with van der Waals surface area (Å²) < 4.78 is 5.02. The quantitative estimate of drug-likeness (QED) is 0.554. The van der Waals surface area contributed by atoms with Crippen LogP contribution >= 0.6 is 11.6 Å². The first-order chi connectivity index (χ1) is 14.5. The molecule has 0 bridgehead atoms. The molecule has 1 N–H and O–H groups in total. The third kappa shape index (κ3) is 5.42. The zero-order valence-corrected chi connectivity index (χ0v) is 17.5. The predicted molar refractivity (Wildman–Crippen MR) is 112 cm³/mol. The zero-order chi connectivity index (χ0) is 21.5. The number of tetrazole rings is 1. The van der Waals surface area contributed by atoms with Gasteiger partial charge in [0.15, 0.2) is 0 Å². The van der Waals surface area contributed by atoms with E-state index in [4.69, 9.17) is 16.3 Å². The van der Waals surface area contributed by atoms with Crippen molar-refractivity contribution < 1.29 is 14.3 Å². The molecule has 3 aromatic rings. The van der Waals surface area contributed by atoms with Crippen molar-refractivity contribution in [3.63, 3.8) is 0 Å². The third-order valence-corrected chi connectivity index (χ3v) is 4.76. The second-order valence-electron chi connectivity index (χ2n) is 6.61.